The number of carbonyl (C=O) groups excluding carboxylic acids is 2. The molecule has 0 aliphatic rings. The van der Waals surface area contributed by atoms with E-state index in [-0.39, 0.29) is 18.0 Å². The van der Waals surface area contributed by atoms with Crippen molar-refractivity contribution in [1.82, 2.24) is 0 Å². The minimum atomic E-state index is -1.02. The zero-order valence-electron chi connectivity index (χ0n) is 10.0. The number of ether oxygens (including phenoxy) is 1. The number of hydrogen-bond donors (Lipinski definition) is 0. The molecule has 0 atom stereocenters. The topological polar surface area (TPSA) is 43.4 Å². The predicted molar refractivity (Wildman–Crippen MR) is 64.0 cm³/mol. The van der Waals surface area contributed by atoms with Crippen LogP contribution in [0.4, 0.5) is 8.78 Å². The Morgan fingerprint density at radius 2 is 2.00 bits per heavy atom. The average Bonchev–Trinajstić information content (AvgIpc) is 2.29. The molecule has 0 N–H and O–H groups in total. The lowest BCUT2D eigenvalue weighted by atomic mass is 10.1. The molecule has 0 spiro atoms. The lowest BCUT2D eigenvalue weighted by Crippen LogP contribution is -2.04. The van der Waals surface area contributed by atoms with Crippen LogP contribution < -0.4 is 0 Å². The summed E-state index contributed by atoms with van der Waals surface area (Å²) >= 11 is 5.47. The maximum atomic E-state index is 12.8. The summed E-state index contributed by atoms with van der Waals surface area (Å²) in [7, 11) is 0. The van der Waals surface area contributed by atoms with Gasteiger partial charge in [0.2, 0.25) is 0 Å². The van der Waals surface area contributed by atoms with Gasteiger partial charge in [0, 0.05) is 5.02 Å². The summed E-state index contributed by atoms with van der Waals surface area (Å²) in [6.07, 6.45) is 0. The van der Waals surface area contributed by atoms with E-state index in [1.54, 1.807) is 6.92 Å². The van der Waals surface area contributed by atoms with Gasteiger partial charge in [0.05, 0.1) is 12.2 Å². The Kier molecular flexibility index (Phi) is 7.87. The smallest absolute Gasteiger partial charge is 0.337 e. The number of hydrogen-bond acceptors (Lipinski definition) is 3. The number of halogens is 3. The van der Waals surface area contributed by atoms with Crippen molar-refractivity contribution in [1.29, 1.82) is 0 Å². The Morgan fingerprint density at radius 3 is 2.33 bits per heavy atom. The maximum absolute atomic E-state index is 12.8. The summed E-state index contributed by atoms with van der Waals surface area (Å²) in [6, 6.07) is 3.99. The van der Waals surface area contributed by atoms with Crippen LogP contribution in [0, 0.1) is 5.82 Å². The summed E-state index contributed by atoms with van der Waals surface area (Å²) < 4.78 is 28.1. The highest BCUT2D eigenvalue weighted by molar-refractivity contribution is 6.30. The van der Waals surface area contributed by atoms with E-state index >= 15 is 0 Å². The minimum Gasteiger partial charge on any atom is -0.464 e. The number of esters is 1. The van der Waals surface area contributed by atoms with Crippen LogP contribution in [-0.2, 0) is 9.53 Å². The molecule has 0 bridgehead atoms. The second-order valence-corrected chi connectivity index (χ2v) is 3.56. The van der Waals surface area contributed by atoms with E-state index in [0.717, 1.165) is 6.07 Å². The average molecular weight is 279 g/mol. The van der Waals surface area contributed by atoms with Crippen molar-refractivity contribution >= 4 is 23.4 Å². The van der Waals surface area contributed by atoms with Crippen molar-refractivity contribution in [2.75, 3.05) is 13.3 Å². The predicted octanol–water partition coefficient (Wildman–Crippen LogP) is 3.20. The molecule has 6 heteroatoms. The Morgan fingerprint density at radius 1 is 1.39 bits per heavy atom. The van der Waals surface area contributed by atoms with Crippen LogP contribution in [0.15, 0.2) is 18.2 Å². The monoisotopic (exact) mass is 278 g/mol. The molecule has 0 saturated carbocycles. The molecule has 3 nitrogen and oxygen atoms in total. The molecule has 0 amide bonds. The standard InChI is InChI=1S/C8H6ClFO.C4H7FO2/c1-5(11)7-3-2-6(9)4-8(7)10;1-2-7-4(6)3-5/h2-4H,1H3;2-3H2,1H3. The van der Waals surface area contributed by atoms with Crippen LogP contribution in [0.25, 0.3) is 0 Å². The number of carbonyl (C=O) groups is 2. The van der Waals surface area contributed by atoms with Crippen molar-refractivity contribution in [3.63, 3.8) is 0 Å². The molecular weight excluding hydrogens is 266 g/mol. The van der Waals surface area contributed by atoms with E-state index in [2.05, 4.69) is 4.74 Å². The van der Waals surface area contributed by atoms with Crippen molar-refractivity contribution in [3.8, 4) is 0 Å². The van der Waals surface area contributed by atoms with Gasteiger partial charge in [0.1, 0.15) is 5.82 Å². The van der Waals surface area contributed by atoms with Gasteiger partial charge in [-0.1, -0.05) is 11.6 Å². The molecule has 0 aliphatic heterocycles. The van der Waals surface area contributed by atoms with Crippen LogP contribution in [0.2, 0.25) is 5.02 Å². The molecule has 0 heterocycles. The third-order valence-corrected chi connectivity index (χ3v) is 1.96. The van der Waals surface area contributed by atoms with Gasteiger partial charge in [-0.15, -0.1) is 0 Å². The molecular formula is C12H13ClF2O3. The minimum absolute atomic E-state index is 0.0781. The van der Waals surface area contributed by atoms with Gasteiger partial charge >= 0.3 is 5.97 Å². The second kappa shape index (κ2) is 8.58. The normalized spacial score (nSPS) is 9.17. The van der Waals surface area contributed by atoms with Crippen LogP contribution in [0.3, 0.4) is 0 Å². The van der Waals surface area contributed by atoms with Crippen molar-refractivity contribution < 1.29 is 23.1 Å². The Bertz CT molecular complexity index is 422. The number of alkyl halides is 1. The Labute approximate surface area is 109 Å². The Hall–Kier alpha value is -1.49. The molecule has 18 heavy (non-hydrogen) atoms. The zero-order valence-corrected chi connectivity index (χ0v) is 10.8. The van der Waals surface area contributed by atoms with E-state index in [4.69, 9.17) is 11.6 Å². The van der Waals surface area contributed by atoms with E-state index in [9.17, 15) is 18.4 Å². The molecule has 0 aromatic heterocycles. The van der Waals surface area contributed by atoms with Crippen molar-refractivity contribution in [2.24, 2.45) is 0 Å². The molecule has 0 radical (unpaired) electrons. The van der Waals surface area contributed by atoms with Gasteiger partial charge in [-0.2, -0.15) is 0 Å². The first-order valence-corrected chi connectivity index (χ1v) is 5.47. The molecule has 1 aromatic carbocycles. The molecule has 0 unspecified atom stereocenters. The Balaban J connectivity index is 0.000000360. The van der Waals surface area contributed by atoms with Crippen molar-refractivity contribution in [3.05, 3.63) is 34.6 Å². The molecule has 0 fully saturated rings. The van der Waals surface area contributed by atoms with Gasteiger partial charge in [0.15, 0.2) is 12.5 Å². The molecule has 0 saturated heterocycles. The fourth-order valence-corrected chi connectivity index (χ4v) is 1.13. The highest BCUT2D eigenvalue weighted by Crippen LogP contribution is 2.14. The number of Topliss-reactive ketones (excluding diaryl/α,β-unsaturated/α-hetero) is 1. The lowest BCUT2D eigenvalue weighted by molar-refractivity contribution is -0.144. The second-order valence-electron chi connectivity index (χ2n) is 3.12. The molecule has 1 aromatic rings. The molecule has 1 rings (SSSR count). The first-order chi connectivity index (χ1) is 8.42. The van der Waals surface area contributed by atoms with E-state index in [1.807, 2.05) is 0 Å². The van der Waals surface area contributed by atoms with E-state index in [1.165, 1.54) is 19.1 Å². The molecule has 0 aliphatic carbocycles. The zero-order chi connectivity index (χ0) is 14.1. The van der Waals surface area contributed by atoms with E-state index in [0.29, 0.717) is 5.02 Å². The number of rotatable bonds is 3. The highest BCUT2D eigenvalue weighted by Gasteiger charge is 2.05. The van der Waals surface area contributed by atoms with Gasteiger partial charge in [0.25, 0.3) is 0 Å². The van der Waals surface area contributed by atoms with Crippen LogP contribution in [0.1, 0.15) is 24.2 Å². The van der Waals surface area contributed by atoms with Crippen LogP contribution in [-0.4, -0.2) is 25.0 Å². The number of ketones is 1. The molecule has 100 valence electrons. The lowest BCUT2D eigenvalue weighted by Gasteiger charge is -1.96. The van der Waals surface area contributed by atoms with Crippen LogP contribution >= 0.6 is 11.6 Å². The quantitative estimate of drug-likeness (QED) is 0.630. The highest BCUT2D eigenvalue weighted by atomic mass is 35.5. The van der Waals surface area contributed by atoms with E-state index < -0.39 is 18.5 Å². The summed E-state index contributed by atoms with van der Waals surface area (Å²) in [5, 5.41) is 0.299. The van der Waals surface area contributed by atoms with Gasteiger partial charge in [-0.3, -0.25) is 4.79 Å². The number of benzene rings is 1. The first-order valence-electron chi connectivity index (χ1n) is 5.09. The van der Waals surface area contributed by atoms with Gasteiger partial charge < -0.3 is 4.74 Å². The maximum Gasteiger partial charge on any atom is 0.337 e. The fourth-order valence-electron chi connectivity index (χ4n) is 0.975. The van der Waals surface area contributed by atoms with Crippen LogP contribution in [0.5, 0.6) is 0 Å². The summed E-state index contributed by atoms with van der Waals surface area (Å²) in [5.41, 5.74) is 0.0781. The third-order valence-electron chi connectivity index (χ3n) is 1.72. The fraction of sp³-hybridized carbons (Fsp3) is 0.333. The summed E-state index contributed by atoms with van der Waals surface area (Å²) in [4.78, 5) is 20.5. The summed E-state index contributed by atoms with van der Waals surface area (Å²) in [6.45, 7) is 2.18. The summed E-state index contributed by atoms with van der Waals surface area (Å²) in [5.74, 6) is -1.65. The third kappa shape index (κ3) is 6.30. The largest absolute Gasteiger partial charge is 0.464 e. The first kappa shape index (κ1) is 16.5. The van der Waals surface area contributed by atoms with Gasteiger partial charge in [-0.05, 0) is 32.0 Å². The van der Waals surface area contributed by atoms with Crippen molar-refractivity contribution in [2.45, 2.75) is 13.8 Å². The SMILES string of the molecule is CC(=O)c1ccc(Cl)cc1F.CCOC(=O)CF. The van der Waals surface area contributed by atoms with Gasteiger partial charge in [-0.25, -0.2) is 13.6 Å².